The summed E-state index contributed by atoms with van der Waals surface area (Å²) in [4.78, 5) is 38.7. The van der Waals surface area contributed by atoms with Crippen molar-refractivity contribution in [1.82, 2.24) is 10.6 Å². The SMILES string of the molecule is CCSCCCO[C@]1(C(=O)O)C[C@H](C)[C@@H](NC(C)=O)C([C@H](C)[C@H](O)CNC(=O)c2ccc(-c3ccccc3)s2)O1. The van der Waals surface area contributed by atoms with E-state index in [0.29, 0.717) is 11.3 Å². The molecule has 4 N–H and O–H groups in total. The van der Waals surface area contributed by atoms with Gasteiger partial charge in [0.25, 0.3) is 11.7 Å². The molecule has 0 radical (unpaired) electrons. The van der Waals surface area contributed by atoms with E-state index in [-0.39, 0.29) is 37.3 Å². The van der Waals surface area contributed by atoms with Crippen molar-refractivity contribution in [3.05, 3.63) is 47.3 Å². The van der Waals surface area contributed by atoms with Crippen molar-refractivity contribution in [1.29, 1.82) is 0 Å². The third kappa shape index (κ3) is 8.29. The van der Waals surface area contributed by atoms with E-state index in [1.165, 1.54) is 18.3 Å². The third-order valence-electron chi connectivity index (χ3n) is 7.04. The monoisotopic (exact) mass is 592 g/mol. The van der Waals surface area contributed by atoms with Crippen LogP contribution in [0.15, 0.2) is 42.5 Å². The molecule has 0 spiro atoms. The lowest BCUT2D eigenvalue weighted by atomic mass is 9.80. The zero-order valence-electron chi connectivity index (χ0n) is 23.4. The van der Waals surface area contributed by atoms with Crippen molar-refractivity contribution in [2.45, 2.75) is 64.6 Å². The molecule has 1 aliphatic heterocycles. The first-order valence-electron chi connectivity index (χ1n) is 13.6. The van der Waals surface area contributed by atoms with Crippen LogP contribution in [0.4, 0.5) is 0 Å². The van der Waals surface area contributed by atoms with Crippen LogP contribution in [0.1, 0.15) is 50.2 Å². The van der Waals surface area contributed by atoms with Crippen molar-refractivity contribution in [3.8, 4) is 10.4 Å². The quantitative estimate of drug-likeness (QED) is 0.242. The highest BCUT2D eigenvalue weighted by Crippen LogP contribution is 2.38. The van der Waals surface area contributed by atoms with Gasteiger partial charge in [0, 0.05) is 30.7 Å². The van der Waals surface area contributed by atoms with Gasteiger partial charge in [-0.1, -0.05) is 51.1 Å². The van der Waals surface area contributed by atoms with Crippen LogP contribution in [0, 0.1) is 11.8 Å². The van der Waals surface area contributed by atoms with Crippen LogP contribution in [0.3, 0.4) is 0 Å². The lowest BCUT2D eigenvalue weighted by molar-refractivity contribution is -0.298. The molecule has 1 unspecified atom stereocenters. The van der Waals surface area contributed by atoms with Crippen LogP contribution in [0.2, 0.25) is 0 Å². The number of rotatable bonds is 14. The summed E-state index contributed by atoms with van der Waals surface area (Å²) in [6, 6.07) is 12.8. The zero-order valence-corrected chi connectivity index (χ0v) is 25.1. The summed E-state index contributed by atoms with van der Waals surface area (Å²) >= 11 is 3.10. The van der Waals surface area contributed by atoms with Gasteiger partial charge in [0.05, 0.1) is 29.7 Å². The first-order valence-corrected chi connectivity index (χ1v) is 15.6. The second kappa shape index (κ2) is 15.0. The van der Waals surface area contributed by atoms with Gasteiger partial charge in [-0.15, -0.1) is 11.3 Å². The van der Waals surface area contributed by atoms with Gasteiger partial charge in [-0.2, -0.15) is 11.8 Å². The largest absolute Gasteiger partial charge is 0.477 e. The summed E-state index contributed by atoms with van der Waals surface area (Å²) in [6.45, 7) is 7.14. The van der Waals surface area contributed by atoms with Gasteiger partial charge in [0.2, 0.25) is 5.91 Å². The molecule has 6 atom stereocenters. The molecule has 3 rings (SSSR count). The van der Waals surface area contributed by atoms with Crippen LogP contribution >= 0.6 is 23.1 Å². The van der Waals surface area contributed by atoms with E-state index < -0.39 is 35.9 Å². The normalized spacial score (nSPS) is 24.2. The molecule has 2 heterocycles. The molecule has 2 aromatic rings. The number of aliphatic hydroxyl groups excluding tert-OH is 1. The van der Waals surface area contributed by atoms with E-state index >= 15 is 0 Å². The number of carboxylic acid groups (broad SMARTS) is 1. The Morgan fingerprint density at radius 3 is 2.60 bits per heavy atom. The first-order chi connectivity index (χ1) is 19.1. The molecule has 1 fully saturated rings. The number of carbonyl (C=O) groups is 3. The smallest absolute Gasteiger partial charge is 0.364 e. The van der Waals surface area contributed by atoms with Gasteiger partial charge in [-0.25, -0.2) is 4.79 Å². The van der Waals surface area contributed by atoms with Gasteiger partial charge in [0.15, 0.2) is 0 Å². The molecule has 2 amide bonds. The van der Waals surface area contributed by atoms with Gasteiger partial charge in [-0.3, -0.25) is 9.59 Å². The first kappa shape index (κ1) is 32.1. The third-order valence-corrected chi connectivity index (χ3v) is 9.16. The number of nitrogens with one attached hydrogen (secondary N) is 2. The maximum atomic E-state index is 12.8. The number of thioether (sulfide) groups is 1. The fraction of sp³-hybridized carbons (Fsp3) is 0.552. The van der Waals surface area contributed by atoms with Gasteiger partial charge >= 0.3 is 5.97 Å². The predicted octanol–water partition coefficient (Wildman–Crippen LogP) is 4.01. The fourth-order valence-corrected chi connectivity index (χ4v) is 6.39. The number of aliphatic hydroxyl groups is 1. The van der Waals surface area contributed by atoms with E-state index in [1.54, 1.807) is 24.8 Å². The molecule has 11 heteroatoms. The number of ether oxygens (including phenoxy) is 2. The summed E-state index contributed by atoms with van der Waals surface area (Å²) < 4.78 is 12.0. The van der Waals surface area contributed by atoms with Crippen molar-refractivity contribution in [2.24, 2.45) is 11.8 Å². The Labute approximate surface area is 244 Å². The average Bonchev–Trinajstić information content (AvgIpc) is 3.43. The zero-order chi connectivity index (χ0) is 29.3. The molecule has 9 nitrogen and oxygen atoms in total. The Hall–Kier alpha value is -2.44. The molecular weight excluding hydrogens is 552 g/mol. The minimum Gasteiger partial charge on any atom is -0.477 e. The molecule has 0 aliphatic carbocycles. The molecule has 1 aromatic carbocycles. The maximum absolute atomic E-state index is 12.8. The van der Waals surface area contributed by atoms with Crippen LogP contribution in [0.25, 0.3) is 10.4 Å². The van der Waals surface area contributed by atoms with Crippen molar-refractivity contribution >= 4 is 40.9 Å². The summed E-state index contributed by atoms with van der Waals surface area (Å²) in [7, 11) is 0. The molecule has 1 aliphatic rings. The van der Waals surface area contributed by atoms with Crippen molar-refractivity contribution in [3.63, 3.8) is 0 Å². The summed E-state index contributed by atoms with van der Waals surface area (Å²) in [6.07, 6.45) is -1.22. The predicted molar refractivity (Wildman–Crippen MR) is 157 cm³/mol. The summed E-state index contributed by atoms with van der Waals surface area (Å²) in [5, 5.41) is 26.9. The highest BCUT2D eigenvalue weighted by atomic mass is 32.2. The number of amides is 2. The second-order valence-corrected chi connectivity index (χ2v) is 12.6. The standard InChI is InChI=1S/C29H40N2O7S2/c1-5-39-15-9-14-37-29(28(35)36)16-18(2)25(31-20(4)32)26(38-29)19(3)22(33)17-30-27(34)24-13-12-23(40-24)21-10-7-6-8-11-21/h6-8,10-13,18-19,22,25-26,33H,5,9,14-17H2,1-4H3,(H,30,34)(H,31,32)(H,35,36)/t18-,19+,22+,25+,26?,29+/m0/s1. The van der Waals surface area contributed by atoms with Gasteiger partial charge < -0.3 is 30.3 Å². The van der Waals surface area contributed by atoms with Gasteiger partial charge in [-0.05, 0) is 41.5 Å². The number of hydrogen-bond acceptors (Lipinski definition) is 8. The van der Waals surface area contributed by atoms with E-state index in [0.717, 1.165) is 21.9 Å². The second-order valence-electron chi connectivity index (χ2n) is 10.1. The van der Waals surface area contributed by atoms with Gasteiger partial charge in [0.1, 0.15) is 0 Å². The minimum atomic E-state index is -1.89. The number of benzene rings is 1. The summed E-state index contributed by atoms with van der Waals surface area (Å²) in [5.74, 6) is -2.88. The Kier molecular flexibility index (Phi) is 12.0. The number of thiophene rings is 1. The Balaban J connectivity index is 1.69. The minimum absolute atomic E-state index is 0.0480. The molecule has 0 saturated carbocycles. The number of carboxylic acids is 1. The fourth-order valence-electron chi connectivity index (χ4n) is 4.85. The average molecular weight is 593 g/mol. The Morgan fingerprint density at radius 2 is 1.95 bits per heavy atom. The number of aliphatic carboxylic acids is 1. The molecule has 0 bridgehead atoms. The molecule has 40 heavy (non-hydrogen) atoms. The Bertz CT molecular complexity index is 1130. The van der Waals surface area contributed by atoms with E-state index in [9.17, 15) is 24.6 Å². The van der Waals surface area contributed by atoms with Crippen LogP contribution in [0.5, 0.6) is 0 Å². The van der Waals surface area contributed by atoms with Crippen molar-refractivity contribution < 1.29 is 34.1 Å². The maximum Gasteiger partial charge on any atom is 0.364 e. The summed E-state index contributed by atoms with van der Waals surface area (Å²) in [5.41, 5.74) is 1.01. The van der Waals surface area contributed by atoms with E-state index in [4.69, 9.17) is 9.47 Å². The number of hydrogen-bond donors (Lipinski definition) is 4. The number of carbonyl (C=O) groups excluding carboxylic acids is 2. The Morgan fingerprint density at radius 1 is 1.23 bits per heavy atom. The van der Waals surface area contributed by atoms with E-state index in [1.807, 2.05) is 43.3 Å². The topological polar surface area (TPSA) is 134 Å². The van der Waals surface area contributed by atoms with Crippen LogP contribution in [-0.4, -0.2) is 76.7 Å². The highest BCUT2D eigenvalue weighted by molar-refractivity contribution is 7.99. The molecule has 1 saturated heterocycles. The lowest BCUT2D eigenvalue weighted by Crippen LogP contribution is -2.64. The molecular formula is C29H40N2O7S2. The molecule has 1 aromatic heterocycles. The highest BCUT2D eigenvalue weighted by Gasteiger charge is 2.54. The lowest BCUT2D eigenvalue weighted by Gasteiger charge is -2.48. The van der Waals surface area contributed by atoms with E-state index in [2.05, 4.69) is 17.6 Å². The van der Waals surface area contributed by atoms with Crippen LogP contribution in [-0.2, 0) is 19.1 Å². The van der Waals surface area contributed by atoms with Crippen LogP contribution < -0.4 is 10.6 Å². The molecule has 220 valence electrons. The van der Waals surface area contributed by atoms with Crippen molar-refractivity contribution in [2.75, 3.05) is 24.7 Å².